The van der Waals surface area contributed by atoms with E-state index in [0.29, 0.717) is 12.2 Å². The highest BCUT2D eigenvalue weighted by Gasteiger charge is 2.57. The van der Waals surface area contributed by atoms with E-state index in [1.807, 2.05) is 6.08 Å². The number of ether oxygens (including phenoxy) is 1. The predicted octanol–water partition coefficient (Wildman–Crippen LogP) is 19.2. The molecule has 0 saturated carbocycles. The molecule has 0 aromatic heterocycles. The van der Waals surface area contributed by atoms with Gasteiger partial charge in [0.2, 0.25) is 0 Å². The van der Waals surface area contributed by atoms with E-state index in [-0.39, 0.29) is 22.0 Å². The summed E-state index contributed by atoms with van der Waals surface area (Å²) in [6.45, 7) is 10.1. The normalized spacial score (nSPS) is 16.0. The van der Waals surface area contributed by atoms with Crippen LogP contribution in [0.2, 0.25) is 0 Å². The minimum Gasteiger partial charge on any atom is -0.425 e. The Labute approximate surface area is 402 Å². The molecule has 2 aromatic rings. The van der Waals surface area contributed by atoms with Gasteiger partial charge in [-0.3, -0.25) is 14.9 Å². The van der Waals surface area contributed by atoms with Crippen LogP contribution in [0.5, 0.6) is 5.75 Å². The van der Waals surface area contributed by atoms with Gasteiger partial charge in [-0.1, -0.05) is 276 Å². The first-order chi connectivity index (χ1) is 31.7. The lowest BCUT2D eigenvalue weighted by Gasteiger charge is -2.47. The van der Waals surface area contributed by atoms with Crippen molar-refractivity contribution in [1.29, 1.82) is 0 Å². The number of non-ortho nitro benzene ring substituents is 1. The Morgan fingerprint density at radius 2 is 1.02 bits per heavy atom. The average molecular weight is 915 g/mol. The van der Waals surface area contributed by atoms with Crippen LogP contribution in [0.4, 0.5) is 11.4 Å². The topological polar surface area (TPSA) is 72.7 Å². The van der Waals surface area contributed by atoms with Crippen LogP contribution in [0.25, 0.3) is 6.08 Å². The minimum atomic E-state index is -0.469. The molecule has 0 amide bonds. The van der Waals surface area contributed by atoms with E-state index < -0.39 is 4.87 Å². The second kappa shape index (κ2) is 32.0. The third-order valence-corrected chi connectivity index (χ3v) is 16.5. The molecule has 7 heteroatoms. The molecule has 1 unspecified atom stereocenters. The molecule has 0 saturated heterocycles. The summed E-state index contributed by atoms with van der Waals surface area (Å²) in [4.78, 5) is 28.0. The standard InChI is InChI=1S/C58H94N2O4S/c1-5-7-9-11-13-15-17-19-21-23-24-25-26-28-30-32-34-36-38-44-55(61)64-54-49-51(60(62)63)48-50-45-46-58(65-56(50)54)57(3,4)52-42-39-40-43-53(52)59(58)47-41-37-35-33-31-29-27-22-20-18-16-14-12-10-8-6-2/h39-40,42-43,45-46,48-49H,5-38,41,44,47H2,1-4H3. The lowest BCUT2D eigenvalue weighted by atomic mass is 9.79. The van der Waals surface area contributed by atoms with Crippen LogP contribution in [-0.4, -0.2) is 22.3 Å². The van der Waals surface area contributed by atoms with Gasteiger partial charge in [-0.05, 0) is 36.1 Å². The number of nitro groups is 1. The van der Waals surface area contributed by atoms with Crippen molar-refractivity contribution in [1.82, 2.24) is 0 Å². The van der Waals surface area contributed by atoms with Crippen molar-refractivity contribution in [3.8, 4) is 5.75 Å². The molecule has 366 valence electrons. The molecule has 1 spiro atoms. The zero-order chi connectivity index (χ0) is 46.4. The summed E-state index contributed by atoms with van der Waals surface area (Å²) in [5.74, 6) is 0.0164. The van der Waals surface area contributed by atoms with Crippen LogP contribution in [0, 0.1) is 10.1 Å². The number of nitro benzene ring substituents is 1. The zero-order valence-corrected chi connectivity index (χ0v) is 43.0. The summed E-state index contributed by atoms with van der Waals surface area (Å²) < 4.78 is 6.10. The minimum absolute atomic E-state index is 0.0461. The van der Waals surface area contributed by atoms with Gasteiger partial charge < -0.3 is 9.64 Å². The maximum Gasteiger partial charge on any atom is 0.311 e. The van der Waals surface area contributed by atoms with Gasteiger partial charge in [0, 0.05) is 30.1 Å². The maximum atomic E-state index is 13.4. The van der Waals surface area contributed by atoms with Crippen LogP contribution < -0.4 is 9.64 Å². The molecule has 0 radical (unpaired) electrons. The van der Waals surface area contributed by atoms with E-state index in [4.69, 9.17) is 4.74 Å². The molecule has 1 atom stereocenters. The van der Waals surface area contributed by atoms with Gasteiger partial charge in [0.25, 0.3) is 5.69 Å². The number of para-hydroxylation sites is 1. The Balaban J connectivity index is 1.19. The first kappa shape index (κ1) is 54.8. The number of benzene rings is 2. The third-order valence-electron chi connectivity index (χ3n) is 14.6. The molecule has 2 aromatic carbocycles. The van der Waals surface area contributed by atoms with Gasteiger partial charge >= 0.3 is 5.97 Å². The van der Waals surface area contributed by atoms with Crippen molar-refractivity contribution in [2.75, 3.05) is 11.4 Å². The summed E-state index contributed by atoms with van der Waals surface area (Å²) in [5, 5.41) is 12.1. The molecule has 2 aliphatic heterocycles. The number of unbranched alkanes of at least 4 members (excludes halogenated alkanes) is 33. The fraction of sp³-hybridized carbons (Fsp3) is 0.741. The zero-order valence-electron chi connectivity index (χ0n) is 42.2. The third kappa shape index (κ3) is 18.7. The van der Waals surface area contributed by atoms with Gasteiger partial charge in [-0.25, -0.2) is 0 Å². The summed E-state index contributed by atoms with van der Waals surface area (Å²) in [5.41, 5.74) is 2.99. The second-order valence-corrected chi connectivity index (χ2v) is 21.7. The number of anilines is 1. The number of rotatable bonds is 39. The van der Waals surface area contributed by atoms with Crippen molar-refractivity contribution in [2.24, 2.45) is 0 Å². The van der Waals surface area contributed by atoms with Crippen LogP contribution in [0.15, 0.2) is 47.4 Å². The molecule has 0 bridgehead atoms. The summed E-state index contributed by atoms with van der Waals surface area (Å²) in [6, 6.07) is 11.9. The summed E-state index contributed by atoms with van der Waals surface area (Å²) in [7, 11) is 0. The number of carbonyl (C=O) groups excluding carboxylic acids is 1. The van der Waals surface area contributed by atoms with E-state index in [2.05, 4.69) is 62.9 Å². The van der Waals surface area contributed by atoms with Gasteiger partial charge in [-0.15, -0.1) is 0 Å². The molecule has 4 rings (SSSR count). The molecule has 2 aliphatic rings. The monoisotopic (exact) mass is 915 g/mol. The number of thioether (sulfide) groups is 1. The highest BCUT2D eigenvalue weighted by atomic mass is 32.2. The van der Waals surface area contributed by atoms with Gasteiger partial charge in [0.15, 0.2) is 5.75 Å². The Kier molecular flexibility index (Phi) is 27.0. The highest BCUT2D eigenvalue weighted by molar-refractivity contribution is 8.01. The van der Waals surface area contributed by atoms with Gasteiger partial charge in [0.05, 0.1) is 15.9 Å². The number of nitrogens with zero attached hydrogens (tertiary/aromatic N) is 2. The van der Waals surface area contributed by atoms with Crippen LogP contribution in [0.1, 0.15) is 270 Å². The molecular weight excluding hydrogens is 821 g/mol. The van der Waals surface area contributed by atoms with Crippen LogP contribution in [-0.2, 0) is 10.2 Å². The lowest BCUT2D eigenvalue weighted by molar-refractivity contribution is -0.385. The lowest BCUT2D eigenvalue weighted by Crippen LogP contribution is -2.52. The number of hydrogen-bond donors (Lipinski definition) is 0. The van der Waals surface area contributed by atoms with E-state index in [0.717, 1.165) is 42.7 Å². The number of hydrogen-bond acceptors (Lipinski definition) is 6. The van der Waals surface area contributed by atoms with E-state index in [1.165, 1.54) is 216 Å². The molecule has 0 fully saturated rings. The number of carbonyl (C=O) groups is 1. The van der Waals surface area contributed by atoms with Crippen molar-refractivity contribution in [3.63, 3.8) is 0 Å². The van der Waals surface area contributed by atoms with Crippen molar-refractivity contribution >= 4 is 35.2 Å². The number of esters is 1. The Morgan fingerprint density at radius 3 is 1.46 bits per heavy atom. The van der Waals surface area contributed by atoms with Crippen molar-refractivity contribution in [2.45, 2.75) is 274 Å². The summed E-state index contributed by atoms with van der Waals surface area (Å²) in [6.07, 6.45) is 51.0. The first-order valence-electron chi connectivity index (χ1n) is 27.5. The molecule has 0 N–H and O–H groups in total. The van der Waals surface area contributed by atoms with Gasteiger partial charge in [-0.2, -0.15) is 0 Å². The molecule has 65 heavy (non-hydrogen) atoms. The molecule has 2 heterocycles. The number of fused-ring (bicyclic) bond motifs is 2. The van der Waals surface area contributed by atoms with E-state index >= 15 is 0 Å². The fourth-order valence-corrected chi connectivity index (χ4v) is 12.0. The average Bonchev–Trinajstić information content (AvgIpc) is 3.47. The van der Waals surface area contributed by atoms with E-state index in [9.17, 15) is 14.9 Å². The largest absolute Gasteiger partial charge is 0.425 e. The molecule has 0 aliphatic carbocycles. The highest BCUT2D eigenvalue weighted by Crippen LogP contribution is 2.62. The second-order valence-electron chi connectivity index (χ2n) is 20.4. The molecular formula is C58H94N2O4S. The smallest absolute Gasteiger partial charge is 0.311 e. The Morgan fingerprint density at radius 1 is 0.600 bits per heavy atom. The van der Waals surface area contributed by atoms with Crippen molar-refractivity contribution in [3.05, 3.63) is 63.7 Å². The van der Waals surface area contributed by atoms with E-state index in [1.54, 1.807) is 17.8 Å². The quantitative estimate of drug-likeness (QED) is 0.0219. The van der Waals surface area contributed by atoms with Crippen LogP contribution in [0.3, 0.4) is 0 Å². The predicted molar refractivity (Wildman–Crippen MR) is 281 cm³/mol. The van der Waals surface area contributed by atoms with Crippen molar-refractivity contribution < 1.29 is 14.5 Å². The first-order valence-corrected chi connectivity index (χ1v) is 28.3. The summed E-state index contributed by atoms with van der Waals surface area (Å²) >= 11 is 1.71. The van der Waals surface area contributed by atoms with Gasteiger partial charge in [0.1, 0.15) is 4.87 Å². The fourth-order valence-electron chi connectivity index (χ4n) is 10.5. The maximum absolute atomic E-state index is 13.4. The SMILES string of the molecule is CCCCCCCCCCCCCCCCCCCCCC(=O)Oc1cc([N+](=O)[O-])cc2c1SC1(C=C2)N(CCCCCCCCCCCCCCCCCC)c2ccccc2C1(C)C. The Hall–Kier alpha value is -2.80. The Bertz CT molecular complexity index is 1660. The molecule has 6 nitrogen and oxygen atoms in total. The van der Waals surface area contributed by atoms with Crippen LogP contribution >= 0.6 is 11.8 Å².